The second-order valence-electron chi connectivity index (χ2n) is 10.2. The average molecular weight is 487 g/mol. The van der Waals surface area contributed by atoms with Crippen LogP contribution in [0, 0.1) is 6.92 Å². The Morgan fingerprint density at radius 1 is 1.14 bits per heavy atom. The lowest BCUT2D eigenvalue weighted by molar-refractivity contribution is -0.126. The van der Waals surface area contributed by atoms with E-state index in [2.05, 4.69) is 35.2 Å². The molecule has 2 unspecified atom stereocenters. The Kier molecular flexibility index (Phi) is 6.21. The number of fused-ring (bicyclic) bond motifs is 2. The molecule has 188 valence electrons. The summed E-state index contributed by atoms with van der Waals surface area (Å²) in [5.74, 6) is 1.43. The first-order chi connectivity index (χ1) is 17.6. The molecule has 8 nitrogen and oxygen atoms in total. The maximum atomic E-state index is 12.0. The zero-order valence-corrected chi connectivity index (χ0v) is 21.0. The van der Waals surface area contributed by atoms with Crippen LogP contribution < -0.4 is 4.90 Å². The summed E-state index contributed by atoms with van der Waals surface area (Å²) in [6.07, 6.45) is 11.4. The molecular weight excluding hydrogens is 452 g/mol. The van der Waals surface area contributed by atoms with E-state index in [1.54, 1.807) is 6.33 Å². The van der Waals surface area contributed by atoms with Gasteiger partial charge in [-0.3, -0.25) is 4.79 Å². The van der Waals surface area contributed by atoms with Gasteiger partial charge in [-0.1, -0.05) is 18.7 Å². The average Bonchev–Trinajstić information content (AvgIpc) is 3.36. The second kappa shape index (κ2) is 9.65. The Bertz CT molecular complexity index is 1290. The SMILES string of the molecule is C=CC(=O)N1CCN(c2ncnc3c2CCC(c2c(C)ccc4cnn(C5CCCCO5)c24)C3)CC1. The van der Waals surface area contributed by atoms with Gasteiger partial charge in [0, 0.05) is 49.4 Å². The monoisotopic (exact) mass is 486 g/mol. The van der Waals surface area contributed by atoms with Gasteiger partial charge in [-0.25, -0.2) is 14.6 Å². The van der Waals surface area contributed by atoms with Crippen molar-refractivity contribution < 1.29 is 9.53 Å². The minimum Gasteiger partial charge on any atom is -0.356 e. The molecule has 1 aromatic carbocycles. The maximum Gasteiger partial charge on any atom is 0.246 e. The molecule has 4 heterocycles. The number of piperazine rings is 1. The van der Waals surface area contributed by atoms with Crippen LogP contribution >= 0.6 is 0 Å². The first-order valence-electron chi connectivity index (χ1n) is 13.2. The highest BCUT2D eigenvalue weighted by atomic mass is 16.5. The molecule has 1 amide bonds. The van der Waals surface area contributed by atoms with Gasteiger partial charge in [-0.2, -0.15) is 5.10 Å². The molecule has 36 heavy (non-hydrogen) atoms. The van der Waals surface area contributed by atoms with Crippen molar-refractivity contribution in [2.24, 2.45) is 0 Å². The van der Waals surface area contributed by atoms with Gasteiger partial charge in [-0.15, -0.1) is 0 Å². The van der Waals surface area contributed by atoms with E-state index in [4.69, 9.17) is 19.8 Å². The Balaban J connectivity index is 1.29. The van der Waals surface area contributed by atoms with Crippen LogP contribution in [0.5, 0.6) is 0 Å². The third-order valence-electron chi connectivity index (χ3n) is 8.11. The van der Waals surface area contributed by atoms with E-state index < -0.39 is 0 Å². The van der Waals surface area contributed by atoms with Crippen LogP contribution in [0.4, 0.5) is 5.82 Å². The molecule has 6 rings (SSSR count). The number of aryl methyl sites for hydroxylation is 1. The molecule has 2 aliphatic heterocycles. The smallest absolute Gasteiger partial charge is 0.246 e. The predicted molar refractivity (Wildman–Crippen MR) is 139 cm³/mol. The van der Waals surface area contributed by atoms with E-state index in [1.807, 2.05) is 11.1 Å². The molecular formula is C28H34N6O2. The predicted octanol–water partition coefficient (Wildman–Crippen LogP) is 3.94. The van der Waals surface area contributed by atoms with Crippen molar-refractivity contribution in [3.8, 4) is 0 Å². The molecule has 2 fully saturated rings. The lowest BCUT2D eigenvalue weighted by atomic mass is 9.80. The summed E-state index contributed by atoms with van der Waals surface area (Å²) in [5, 5.41) is 5.97. The van der Waals surface area contributed by atoms with Gasteiger partial charge in [0.2, 0.25) is 5.91 Å². The van der Waals surface area contributed by atoms with Crippen molar-refractivity contribution in [2.45, 2.75) is 57.6 Å². The summed E-state index contributed by atoms with van der Waals surface area (Å²) < 4.78 is 8.27. The minimum absolute atomic E-state index is 0.00428. The van der Waals surface area contributed by atoms with Gasteiger partial charge in [0.25, 0.3) is 0 Å². The zero-order valence-electron chi connectivity index (χ0n) is 21.0. The molecule has 0 radical (unpaired) electrons. The van der Waals surface area contributed by atoms with Crippen molar-refractivity contribution in [3.63, 3.8) is 0 Å². The van der Waals surface area contributed by atoms with Crippen LogP contribution in [0.3, 0.4) is 0 Å². The first-order valence-corrected chi connectivity index (χ1v) is 13.2. The van der Waals surface area contributed by atoms with E-state index in [0.29, 0.717) is 19.0 Å². The number of amides is 1. The number of anilines is 1. The largest absolute Gasteiger partial charge is 0.356 e. The number of ether oxygens (including phenoxy) is 1. The summed E-state index contributed by atoms with van der Waals surface area (Å²) in [7, 11) is 0. The van der Waals surface area contributed by atoms with Gasteiger partial charge < -0.3 is 14.5 Å². The highest BCUT2D eigenvalue weighted by Crippen LogP contribution is 2.40. The van der Waals surface area contributed by atoms with Gasteiger partial charge in [0.15, 0.2) is 6.23 Å². The number of aromatic nitrogens is 4. The minimum atomic E-state index is 0.00428. The molecule has 0 spiro atoms. The van der Waals surface area contributed by atoms with Crippen LogP contribution in [-0.4, -0.2) is 63.3 Å². The summed E-state index contributed by atoms with van der Waals surface area (Å²) in [4.78, 5) is 25.6. The molecule has 1 aliphatic carbocycles. The molecule has 0 bridgehead atoms. The van der Waals surface area contributed by atoms with E-state index >= 15 is 0 Å². The highest BCUT2D eigenvalue weighted by molar-refractivity contribution is 5.87. The van der Waals surface area contributed by atoms with Gasteiger partial charge in [-0.05, 0) is 68.6 Å². The number of nitrogens with zero attached hydrogens (tertiary/aromatic N) is 6. The molecule has 3 aliphatic rings. The topological polar surface area (TPSA) is 76.4 Å². The molecule has 2 atom stereocenters. The number of carbonyl (C=O) groups excluding carboxylic acids is 1. The lowest BCUT2D eigenvalue weighted by Crippen LogP contribution is -2.49. The Morgan fingerprint density at radius 3 is 2.78 bits per heavy atom. The molecule has 2 saturated heterocycles. The number of rotatable bonds is 4. The highest BCUT2D eigenvalue weighted by Gasteiger charge is 2.31. The van der Waals surface area contributed by atoms with E-state index in [1.165, 1.54) is 40.1 Å². The van der Waals surface area contributed by atoms with E-state index in [9.17, 15) is 4.79 Å². The Morgan fingerprint density at radius 2 is 2.00 bits per heavy atom. The number of hydrogen-bond donors (Lipinski definition) is 0. The quantitative estimate of drug-likeness (QED) is 0.520. The van der Waals surface area contributed by atoms with Crippen LogP contribution in [0.15, 0.2) is 37.3 Å². The standard InChI is InChI=1S/C28H34N6O2/c1-3-24(35)32-11-13-33(14-12-32)28-22-10-9-20(16-23(22)29-18-30-28)26-19(2)7-8-21-17-31-34(27(21)26)25-6-4-5-15-36-25/h3,7-8,17-18,20,25H,1,4-6,9-16H2,2H3. The summed E-state index contributed by atoms with van der Waals surface area (Å²) in [6, 6.07) is 4.42. The van der Waals surface area contributed by atoms with Crippen LogP contribution in [-0.2, 0) is 22.4 Å². The summed E-state index contributed by atoms with van der Waals surface area (Å²) in [5.41, 5.74) is 6.35. The maximum absolute atomic E-state index is 12.0. The lowest BCUT2D eigenvalue weighted by Gasteiger charge is -2.37. The van der Waals surface area contributed by atoms with Crippen molar-refractivity contribution in [1.82, 2.24) is 24.6 Å². The number of benzene rings is 1. The normalized spacial score (nSPS) is 22.5. The molecule has 3 aromatic rings. The first kappa shape index (κ1) is 23.2. The van der Waals surface area contributed by atoms with E-state index in [0.717, 1.165) is 63.3 Å². The third-order valence-corrected chi connectivity index (χ3v) is 8.11. The summed E-state index contributed by atoms with van der Waals surface area (Å²) in [6.45, 7) is 9.60. The van der Waals surface area contributed by atoms with Crippen LogP contribution in [0.2, 0.25) is 0 Å². The van der Waals surface area contributed by atoms with Crippen molar-refractivity contribution in [3.05, 3.63) is 59.7 Å². The fourth-order valence-electron chi connectivity index (χ4n) is 6.23. The third kappa shape index (κ3) is 4.07. The number of carbonyl (C=O) groups is 1. The zero-order chi connectivity index (χ0) is 24.6. The van der Waals surface area contributed by atoms with Crippen molar-refractivity contribution in [2.75, 3.05) is 37.7 Å². The number of hydrogen-bond acceptors (Lipinski definition) is 6. The Labute approximate surface area is 212 Å². The summed E-state index contributed by atoms with van der Waals surface area (Å²) >= 11 is 0. The fraction of sp³-hybridized carbons (Fsp3) is 0.500. The van der Waals surface area contributed by atoms with Gasteiger partial charge in [0.05, 0.1) is 11.7 Å². The van der Waals surface area contributed by atoms with Crippen molar-refractivity contribution in [1.29, 1.82) is 0 Å². The van der Waals surface area contributed by atoms with Crippen molar-refractivity contribution >= 4 is 22.6 Å². The van der Waals surface area contributed by atoms with E-state index in [-0.39, 0.29) is 12.1 Å². The van der Waals surface area contributed by atoms with Crippen LogP contribution in [0.25, 0.3) is 10.9 Å². The van der Waals surface area contributed by atoms with Crippen LogP contribution in [0.1, 0.15) is 60.2 Å². The van der Waals surface area contributed by atoms with Gasteiger partial charge >= 0.3 is 0 Å². The second-order valence-corrected chi connectivity index (χ2v) is 10.2. The fourth-order valence-corrected chi connectivity index (χ4v) is 6.23. The molecule has 8 heteroatoms. The molecule has 2 aromatic heterocycles. The molecule has 0 saturated carbocycles. The Hall–Kier alpha value is -3.26. The molecule has 0 N–H and O–H groups in total. The van der Waals surface area contributed by atoms with Gasteiger partial charge in [0.1, 0.15) is 12.1 Å².